The van der Waals surface area contributed by atoms with Gasteiger partial charge in [0.05, 0.1) is 27.2 Å². The number of aryl methyl sites for hydroxylation is 1. The first-order chi connectivity index (χ1) is 12.5. The lowest BCUT2D eigenvalue weighted by atomic mass is 9.85. The molecule has 0 unspecified atom stereocenters. The SMILES string of the molecule is COc1ccc(C[C@H]2c3ccc(C)cc3CC[N@+]2(C)CC2CC2)cc1O. The Morgan fingerprint density at radius 2 is 1.96 bits per heavy atom. The Balaban J connectivity index is 1.69. The Hall–Kier alpha value is -2.00. The van der Waals surface area contributed by atoms with Crippen molar-refractivity contribution >= 4 is 0 Å². The zero-order valence-electron chi connectivity index (χ0n) is 16.2. The van der Waals surface area contributed by atoms with Crippen molar-refractivity contribution in [3.05, 3.63) is 58.7 Å². The molecule has 4 rings (SSSR count). The summed E-state index contributed by atoms with van der Waals surface area (Å²) >= 11 is 0. The number of phenols is 1. The van der Waals surface area contributed by atoms with Crippen LogP contribution in [-0.4, -0.2) is 36.8 Å². The van der Waals surface area contributed by atoms with Crippen molar-refractivity contribution in [2.75, 3.05) is 27.2 Å². The molecule has 1 heterocycles. The van der Waals surface area contributed by atoms with Crippen LogP contribution in [0.4, 0.5) is 0 Å². The van der Waals surface area contributed by atoms with E-state index in [9.17, 15) is 5.11 Å². The molecule has 3 heteroatoms. The number of ether oxygens (including phenoxy) is 1. The van der Waals surface area contributed by atoms with E-state index >= 15 is 0 Å². The highest BCUT2D eigenvalue weighted by Gasteiger charge is 2.42. The molecule has 1 saturated carbocycles. The van der Waals surface area contributed by atoms with E-state index in [0.29, 0.717) is 11.8 Å². The van der Waals surface area contributed by atoms with Gasteiger partial charge in [-0.1, -0.05) is 29.8 Å². The molecule has 1 aliphatic carbocycles. The second kappa shape index (κ2) is 6.62. The number of nitrogens with zero attached hydrogens (tertiary/aromatic N) is 1. The number of quaternary nitrogens is 1. The third-order valence-corrected chi connectivity index (χ3v) is 6.35. The van der Waals surface area contributed by atoms with Crippen molar-refractivity contribution in [1.29, 1.82) is 0 Å². The molecule has 0 saturated heterocycles. The number of hydrogen-bond acceptors (Lipinski definition) is 2. The summed E-state index contributed by atoms with van der Waals surface area (Å²) in [5.74, 6) is 1.68. The van der Waals surface area contributed by atoms with Crippen molar-refractivity contribution in [2.24, 2.45) is 5.92 Å². The fraction of sp³-hybridized carbons (Fsp3) is 0.478. The van der Waals surface area contributed by atoms with E-state index < -0.39 is 0 Å². The van der Waals surface area contributed by atoms with E-state index in [4.69, 9.17) is 4.74 Å². The number of phenolic OH excluding ortho intramolecular Hbond substituents is 1. The van der Waals surface area contributed by atoms with Crippen molar-refractivity contribution in [3.63, 3.8) is 0 Å². The Kier molecular flexibility index (Phi) is 4.44. The Bertz CT molecular complexity index is 812. The number of hydrogen-bond donors (Lipinski definition) is 1. The van der Waals surface area contributed by atoms with Gasteiger partial charge < -0.3 is 14.3 Å². The highest BCUT2D eigenvalue weighted by Crippen LogP contribution is 2.42. The quantitative estimate of drug-likeness (QED) is 0.808. The molecule has 2 aromatic rings. The topological polar surface area (TPSA) is 29.5 Å². The maximum absolute atomic E-state index is 10.2. The predicted octanol–water partition coefficient (Wildman–Crippen LogP) is 4.41. The first kappa shape index (κ1) is 17.4. The number of methoxy groups -OCH3 is 1. The Morgan fingerprint density at radius 3 is 2.65 bits per heavy atom. The van der Waals surface area contributed by atoms with Crippen LogP contribution in [0.3, 0.4) is 0 Å². The molecule has 2 aromatic carbocycles. The maximum atomic E-state index is 10.2. The number of likely N-dealkylation sites (N-methyl/N-ethyl adjacent to an activating group) is 1. The van der Waals surface area contributed by atoms with Gasteiger partial charge in [-0.05, 0) is 43.0 Å². The monoisotopic (exact) mass is 352 g/mol. The van der Waals surface area contributed by atoms with E-state index in [-0.39, 0.29) is 5.75 Å². The van der Waals surface area contributed by atoms with Gasteiger partial charge in [0.25, 0.3) is 0 Å². The smallest absolute Gasteiger partial charge is 0.160 e. The molecule has 0 radical (unpaired) electrons. The lowest BCUT2D eigenvalue weighted by Crippen LogP contribution is -2.53. The number of aromatic hydroxyl groups is 1. The van der Waals surface area contributed by atoms with Crippen LogP contribution in [-0.2, 0) is 12.8 Å². The molecule has 0 amide bonds. The summed E-state index contributed by atoms with van der Waals surface area (Å²) in [5.41, 5.74) is 5.55. The predicted molar refractivity (Wildman–Crippen MR) is 105 cm³/mol. The summed E-state index contributed by atoms with van der Waals surface area (Å²) in [6, 6.07) is 13.3. The van der Waals surface area contributed by atoms with Gasteiger partial charge in [0, 0.05) is 24.3 Å². The summed E-state index contributed by atoms with van der Waals surface area (Å²) in [4.78, 5) is 0. The standard InChI is InChI=1S/C23H29NO2/c1-16-4-8-20-19(12-16)10-11-24(2,15-17-5-6-17)21(20)13-18-7-9-23(26-3)22(25)14-18/h4,7-9,12,14,17,21H,5-6,10-11,13,15H2,1-3H3/p+1/t21-,24+/m0/s1. The van der Waals surface area contributed by atoms with Crippen molar-refractivity contribution in [3.8, 4) is 11.5 Å². The lowest BCUT2D eigenvalue weighted by molar-refractivity contribution is -0.943. The van der Waals surface area contributed by atoms with E-state index in [1.165, 1.54) is 54.6 Å². The Morgan fingerprint density at radius 1 is 1.15 bits per heavy atom. The fourth-order valence-corrected chi connectivity index (χ4v) is 4.67. The number of fused-ring (bicyclic) bond motifs is 1. The molecule has 138 valence electrons. The van der Waals surface area contributed by atoms with Gasteiger partial charge in [0.2, 0.25) is 0 Å². The van der Waals surface area contributed by atoms with E-state index in [1.54, 1.807) is 7.11 Å². The minimum absolute atomic E-state index is 0.237. The zero-order valence-corrected chi connectivity index (χ0v) is 16.2. The first-order valence-corrected chi connectivity index (χ1v) is 9.78. The largest absolute Gasteiger partial charge is 0.504 e. The molecule has 1 N–H and O–H groups in total. The minimum atomic E-state index is 0.237. The van der Waals surface area contributed by atoms with Crippen molar-refractivity contribution < 1.29 is 14.3 Å². The summed E-state index contributed by atoms with van der Waals surface area (Å²) < 4.78 is 6.33. The average molecular weight is 352 g/mol. The molecule has 1 aliphatic heterocycles. The van der Waals surface area contributed by atoms with Gasteiger partial charge in [-0.3, -0.25) is 0 Å². The Labute approximate surface area is 156 Å². The minimum Gasteiger partial charge on any atom is -0.504 e. The van der Waals surface area contributed by atoms with Gasteiger partial charge in [0.15, 0.2) is 11.5 Å². The molecular weight excluding hydrogens is 322 g/mol. The van der Waals surface area contributed by atoms with Crippen molar-refractivity contribution in [2.45, 2.75) is 38.6 Å². The van der Waals surface area contributed by atoms with E-state index in [0.717, 1.165) is 16.8 Å². The first-order valence-electron chi connectivity index (χ1n) is 9.78. The highest BCUT2D eigenvalue weighted by atomic mass is 16.5. The van der Waals surface area contributed by atoms with Crippen LogP contribution in [0.5, 0.6) is 11.5 Å². The molecule has 26 heavy (non-hydrogen) atoms. The number of rotatable bonds is 5. The molecular formula is C23H30NO2+. The molecule has 2 atom stereocenters. The molecule has 0 bridgehead atoms. The van der Waals surface area contributed by atoms with Gasteiger partial charge in [-0.25, -0.2) is 0 Å². The third-order valence-electron chi connectivity index (χ3n) is 6.35. The lowest BCUT2D eigenvalue weighted by Gasteiger charge is -2.46. The second-order valence-corrected chi connectivity index (χ2v) is 8.51. The van der Waals surface area contributed by atoms with E-state index in [2.05, 4.69) is 38.2 Å². The van der Waals surface area contributed by atoms with Gasteiger partial charge in [-0.2, -0.15) is 0 Å². The zero-order chi connectivity index (χ0) is 18.3. The summed E-state index contributed by atoms with van der Waals surface area (Å²) in [6.45, 7) is 4.67. The van der Waals surface area contributed by atoms with Crippen LogP contribution in [0.2, 0.25) is 0 Å². The highest BCUT2D eigenvalue weighted by molar-refractivity contribution is 5.43. The van der Waals surface area contributed by atoms with Gasteiger partial charge >= 0.3 is 0 Å². The molecule has 1 fully saturated rings. The summed E-state index contributed by atoms with van der Waals surface area (Å²) in [6.07, 6.45) is 4.91. The van der Waals surface area contributed by atoms with Crippen LogP contribution in [0.1, 0.15) is 41.1 Å². The average Bonchev–Trinajstić information content (AvgIpc) is 3.41. The fourth-order valence-electron chi connectivity index (χ4n) is 4.67. The van der Waals surface area contributed by atoms with Crippen molar-refractivity contribution in [1.82, 2.24) is 0 Å². The van der Waals surface area contributed by atoms with Crippen LogP contribution in [0, 0.1) is 12.8 Å². The molecule has 0 aromatic heterocycles. The molecule has 2 aliphatic rings. The summed E-state index contributed by atoms with van der Waals surface area (Å²) in [5, 5.41) is 10.2. The van der Waals surface area contributed by atoms with Crippen LogP contribution >= 0.6 is 0 Å². The molecule has 3 nitrogen and oxygen atoms in total. The van der Waals surface area contributed by atoms with Crippen LogP contribution < -0.4 is 4.74 Å². The van der Waals surface area contributed by atoms with Crippen LogP contribution in [0.25, 0.3) is 0 Å². The maximum Gasteiger partial charge on any atom is 0.160 e. The van der Waals surface area contributed by atoms with E-state index in [1.807, 2.05) is 12.1 Å². The second-order valence-electron chi connectivity index (χ2n) is 8.51. The number of benzene rings is 2. The normalized spacial score (nSPS) is 25.0. The third kappa shape index (κ3) is 3.33. The van der Waals surface area contributed by atoms with Gasteiger partial charge in [-0.15, -0.1) is 0 Å². The summed E-state index contributed by atoms with van der Waals surface area (Å²) in [7, 11) is 4.03. The van der Waals surface area contributed by atoms with Crippen LogP contribution in [0.15, 0.2) is 36.4 Å². The van der Waals surface area contributed by atoms with Gasteiger partial charge in [0.1, 0.15) is 6.04 Å². The molecule has 0 spiro atoms.